The standard InChI is InChI=1S/C8H5F2N3O2.C7H8N2O2/c9-6(10)8-13-12-7(15-8)4-1-2-11-5(14)3-4;8-4-6(10)5-1-2-9-7(11)3-5/h1-3,6H,(H,11,14);1-3H,4,8H2,(H,9,11). The molecule has 11 heteroatoms. The van der Waals surface area contributed by atoms with Crippen molar-refractivity contribution in [3.63, 3.8) is 0 Å². The molecule has 0 fully saturated rings. The van der Waals surface area contributed by atoms with E-state index in [1.165, 1.54) is 36.7 Å². The molecule has 0 atom stereocenters. The van der Waals surface area contributed by atoms with Crippen LogP contribution in [0.15, 0.2) is 50.7 Å². The number of carbonyl (C=O) groups is 1. The summed E-state index contributed by atoms with van der Waals surface area (Å²) < 4.78 is 28.9. The molecule has 0 spiro atoms. The molecule has 3 aromatic heterocycles. The first-order valence-electron chi connectivity index (χ1n) is 7.13. The molecule has 0 saturated heterocycles. The summed E-state index contributed by atoms with van der Waals surface area (Å²) >= 11 is 0. The van der Waals surface area contributed by atoms with Crippen LogP contribution in [-0.4, -0.2) is 32.5 Å². The average Bonchev–Trinajstić information content (AvgIpc) is 3.12. The molecular formula is C15H13F2N5O4. The predicted molar refractivity (Wildman–Crippen MR) is 85.8 cm³/mol. The molecule has 136 valence electrons. The molecule has 0 aromatic carbocycles. The Morgan fingerprint density at radius 1 is 1.12 bits per heavy atom. The second kappa shape index (κ2) is 8.58. The first-order valence-corrected chi connectivity index (χ1v) is 7.13. The minimum atomic E-state index is -2.81. The zero-order valence-electron chi connectivity index (χ0n) is 13.1. The fraction of sp³-hybridized carbons (Fsp3) is 0.133. The van der Waals surface area contributed by atoms with Crippen LogP contribution in [0.5, 0.6) is 0 Å². The average molecular weight is 365 g/mol. The maximum Gasteiger partial charge on any atom is 0.314 e. The zero-order chi connectivity index (χ0) is 19.1. The van der Waals surface area contributed by atoms with Crippen LogP contribution in [0.4, 0.5) is 8.78 Å². The van der Waals surface area contributed by atoms with Gasteiger partial charge in [0.2, 0.25) is 17.0 Å². The molecular weight excluding hydrogens is 352 g/mol. The molecule has 4 N–H and O–H groups in total. The number of aromatic amines is 2. The van der Waals surface area contributed by atoms with Gasteiger partial charge in [-0.1, -0.05) is 0 Å². The first-order chi connectivity index (χ1) is 12.4. The van der Waals surface area contributed by atoms with Crippen LogP contribution in [0, 0.1) is 0 Å². The molecule has 9 nitrogen and oxygen atoms in total. The smallest absolute Gasteiger partial charge is 0.314 e. The number of rotatable bonds is 4. The van der Waals surface area contributed by atoms with Crippen LogP contribution in [0.3, 0.4) is 0 Å². The van der Waals surface area contributed by atoms with Gasteiger partial charge >= 0.3 is 6.43 Å². The Labute approximate surface area is 143 Å². The van der Waals surface area contributed by atoms with Gasteiger partial charge in [0.05, 0.1) is 6.54 Å². The molecule has 0 saturated carbocycles. The minimum absolute atomic E-state index is 0.0660. The third-order valence-electron chi connectivity index (χ3n) is 2.93. The van der Waals surface area contributed by atoms with E-state index in [-0.39, 0.29) is 29.3 Å². The highest BCUT2D eigenvalue weighted by Gasteiger charge is 2.16. The lowest BCUT2D eigenvalue weighted by atomic mass is 10.2. The van der Waals surface area contributed by atoms with Crippen LogP contribution in [0.25, 0.3) is 11.5 Å². The SMILES string of the molecule is NCC(=O)c1cc[nH]c(=O)c1.O=c1cc(-c2nnc(C(F)F)o2)cc[nH]1. The summed E-state index contributed by atoms with van der Waals surface area (Å²) in [5, 5.41) is 6.54. The normalized spacial score (nSPS) is 10.3. The first kappa shape index (κ1) is 18.9. The molecule has 26 heavy (non-hydrogen) atoms. The second-order valence-corrected chi connectivity index (χ2v) is 4.76. The number of Topliss-reactive ketones (excluding diaryl/α,β-unsaturated/α-hetero) is 1. The van der Waals surface area contributed by atoms with E-state index in [2.05, 4.69) is 24.6 Å². The fourth-order valence-electron chi connectivity index (χ4n) is 1.75. The lowest BCUT2D eigenvalue weighted by molar-refractivity contribution is 0.100. The van der Waals surface area contributed by atoms with E-state index in [0.29, 0.717) is 11.1 Å². The predicted octanol–water partition coefficient (Wildman–Crippen LogP) is 0.879. The Hall–Kier alpha value is -3.47. The minimum Gasteiger partial charge on any atom is -0.415 e. The summed E-state index contributed by atoms with van der Waals surface area (Å²) in [6.45, 7) is -0.0660. The summed E-state index contributed by atoms with van der Waals surface area (Å²) in [5.41, 5.74) is 5.10. The van der Waals surface area contributed by atoms with Gasteiger partial charge < -0.3 is 20.1 Å². The zero-order valence-corrected chi connectivity index (χ0v) is 13.1. The number of hydrogen-bond donors (Lipinski definition) is 3. The summed E-state index contributed by atoms with van der Waals surface area (Å²) in [6.07, 6.45) is -0.0250. The molecule has 3 rings (SSSR count). The summed E-state index contributed by atoms with van der Waals surface area (Å²) in [5.74, 6) is -1.09. The van der Waals surface area contributed by atoms with Crippen LogP contribution >= 0.6 is 0 Å². The van der Waals surface area contributed by atoms with Gasteiger partial charge in [0.25, 0.3) is 5.89 Å². The van der Waals surface area contributed by atoms with Crippen LogP contribution in [0.2, 0.25) is 0 Å². The summed E-state index contributed by atoms with van der Waals surface area (Å²) in [6, 6.07) is 5.42. The van der Waals surface area contributed by atoms with Crippen molar-refractivity contribution in [1.29, 1.82) is 0 Å². The Bertz CT molecular complexity index is 995. The van der Waals surface area contributed by atoms with Gasteiger partial charge in [0.15, 0.2) is 5.78 Å². The van der Waals surface area contributed by atoms with Gasteiger partial charge in [-0.25, -0.2) is 0 Å². The molecule has 0 aliphatic heterocycles. The Morgan fingerprint density at radius 2 is 1.77 bits per heavy atom. The second-order valence-electron chi connectivity index (χ2n) is 4.76. The van der Waals surface area contributed by atoms with Gasteiger partial charge in [-0.15, -0.1) is 10.2 Å². The van der Waals surface area contributed by atoms with E-state index < -0.39 is 12.3 Å². The number of ketones is 1. The van der Waals surface area contributed by atoms with Gasteiger partial charge in [-0.3, -0.25) is 14.4 Å². The van der Waals surface area contributed by atoms with Gasteiger partial charge in [0, 0.05) is 35.7 Å². The number of halogens is 2. The third-order valence-corrected chi connectivity index (χ3v) is 2.93. The molecule has 0 bridgehead atoms. The van der Waals surface area contributed by atoms with Crippen molar-refractivity contribution in [2.75, 3.05) is 6.54 Å². The van der Waals surface area contributed by atoms with E-state index >= 15 is 0 Å². The highest BCUT2D eigenvalue weighted by Crippen LogP contribution is 2.21. The lowest BCUT2D eigenvalue weighted by Gasteiger charge is -1.93. The number of H-pyrrole nitrogens is 2. The summed E-state index contributed by atoms with van der Waals surface area (Å²) in [7, 11) is 0. The van der Waals surface area contributed by atoms with E-state index in [1.54, 1.807) is 0 Å². The maximum atomic E-state index is 12.1. The van der Waals surface area contributed by atoms with Crippen molar-refractivity contribution in [3.8, 4) is 11.5 Å². The Morgan fingerprint density at radius 3 is 2.31 bits per heavy atom. The van der Waals surface area contributed by atoms with Crippen molar-refractivity contribution < 1.29 is 18.0 Å². The Balaban J connectivity index is 0.000000197. The van der Waals surface area contributed by atoms with Crippen molar-refractivity contribution in [2.45, 2.75) is 6.43 Å². The number of carbonyl (C=O) groups excluding carboxylic acids is 1. The number of hydrogen-bond acceptors (Lipinski definition) is 7. The molecule has 0 aliphatic carbocycles. The van der Waals surface area contributed by atoms with Crippen LogP contribution in [-0.2, 0) is 0 Å². The molecule has 0 unspecified atom stereocenters. The third kappa shape index (κ3) is 5.01. The largest absolute Gasteiger partial charge is 0.415 e. The van der Waals surface area contributed by atoms with E-state index in [4.69, 9.17) is 5.73 Å². The van der Waals surface area contributed by atoms with Crippen LogP contribution in [0.1, 0.15) is 22.7 Å². The van der Waals surface area contributed by atoms with Gasteiger partial charge in [-0.05, 0) is 12.1 Å². The van der Waals surface area contributed by atoms with E-state index in [9.17, 15) is 23.2 Å². The number of nitrogens with zero attached hydrogens (tertiary/aromatic N) is 2. The summed E-state index contributed by atoms with van der Waals surface area (Å²) in [4.78, 5) is 37.2. The maximum absolute atomic E-state index is 12.1. The highest BCUT2D eigenvalue weighted by atomic mass is 19.3. The molecule has 0 aliphatic rings. The van der Waals surface area contributed by atoms with E-state index in [0.717, 1.165) is 0 Å². The van der Waals surface area contributed by atoms with Gasteiger partial charge in [-0.2, -0.15) is 8.78 Å². The van der Waals surface area contributed by atoms with Crippen molar-refractivity contribution in [3.05, 3.63) is 68.8 Å². The number of alkyl halides is 2. The van der Waals surface area contributed by atoms with E-state index in [1.807, 2.05) is 0 Å². The van der Waals surface area contributed by atoms with Crippen molar-refractivity contribution in [1.82, 2.24) is 20.2 Å². The monoisotopic (exact) mass is 365 g/mol. The molecule has 0 amide bonds. The highest BCUT2D eigenvalue weighted by molar-refractivity contribution is 5.97. The Kier molecular flexibility index (Phi) is 6.22. The van der Waals surface area contributed by atoms with Crippen molar-refractivity contribution in [2.24, 2.45) is 5.73 Å². The lowest BCUT2D eigenvalue weighted by Crippen LogP contribution is -2.16. The topological polar surface area (TPSA) is 148 Å². The number of pyridine rings is 2. The molecule has 0 radical (unpaired) electrons. The quantitative estimate of drug-likeness (QED) is 0.581. The fourth-order valence-corrected chi connectivity index (χ4v) is 1.75. The number of nitrogens with one attached hydrogen (secondary N) is 2. The van der Waals surface area contributed by atoms with Crippen molar-refractivity contribution >= 4 is 5.78 Å². The molecule has 3 heterocycles. The number of nitrogens with two attached hydrogens (primary N) is 1. The number of aromatic nitrogens is 4. The van der Waals surface area contributed by atoms with Crippen LogP contribution < -0.4 is 16.9 Å². The van der Waals surface area contributed by atoms with Gasteiger partial charge in [0.1, 0.15) is 0 Å². The molecule has 3 aromatic rings.